The smallest absolute Gasteiger partial charge is 0.170 e. The van der Waals surface area contributed by atoms with E-state index in [9.17, 15) is 0 Å². The Balaban J connectivity index is 2.54. The van der Waals surface area contributed by atoms with E-state index in [1.807, 2.05) is 12.1 Å². The van der Waals surface area contributed by atoms with E-state index < -0.39 is 0 Å². The molecule has 0 amide bonds. The lowest BCUT2D eigenvalue weighted by Crippen LogP contribution is -2.09. The highest BCUT2D eigenvalue weighted by molar-refractivity contribution is 14.1. The summed E-state index contributed by atoms with van der Waals surface area (Å²) in [5.74, 6) is 0.621. The van der Waals surface area contributed by atoms with Crippen molar-refractivity contribution in [3.05, 3.63) is 32.6 Å². The first kappa shape index (κ1) is 10.8. The number of hydrogen-bond donors (Lipinski definition) is 1. The number of aromatic nitrogens is 4. The molecule has 78 valence electrons. The maximum atomic E-state index is 5.86. The molecule has 2 rings (SSSR count). The fourth-order valence-electron chi connectivity index (χ4n) is 1.17. The van der Waals surface area contributed by atoms with Crippen LogP contribution in [-0.2, 0) is 6.54 Å². The van der Waals surface area contributed by atoms with Crippen LogP contribution in [-0.4, -0.2) is 20.2 Å². The summed E-state index contributed by atoms with van der Waals surface area (Å²) in [6, 6.07) is 5.50. The molecular formula is C8H7ClIN5. The molecule has 1 aromatic carbocycles. The summed E-state index contributed by atoms with van der Waals surface area (Å²) in [5, 5.41) is 12.0. The van der Waals surface area contributed by atoms with Gasteiger partial charge in [0.05, 0.1) is 12.2 Å². The fourth-order valence-corrected chi connectivity index (χ4v) is 2.27. The summed E-state index contributed by atoms with van der Waals surface area (Å²) in [4.78, 5) is 0. The van der Waals surface area contributed by atoms with Crippen molar-refractivity contribution in [3.63, 3.8) is 0 Å². The molecule has 0 aliphatic rings. The summed E-state index contributed by atoms with van der Waals surface area (Å²) in [6.45, 7) is 0.297. The second kappa shape index (κ2) is 4.42. The normalized spacial score (nSPS) is 10.6. The van der Waals surface area contributed by atoms with Gasteiger partial charge in [0.25, 0.3) is 0 Å². The highest BCUT2D eigenvalue weighted by atomic mass is 127. The Hall–Kier alpha value is -0.730. The van der Waals surface area contributed by atoms with Crippen LogP contribution in [0.15, 0.2) is 18.2 Å². The monoisotopic (exact) mass is 335 g/mol. The second-order valence-corrected chi connectivity index (χ2v) is 4.41. The maximum absolute atomic E-state index is 5.86. The van der Waals surface area contributed by atoms with E-state index in [1.54, 1.807) is 10.7 Å². The number of benzene rings is 1. The molecular weight excluding hydrogens is 328 g/mol. The van der Waals surface area contributed by atoms with Crippen LogP contribution < -0.4 is 5.73 Å². The zero-order chi connectivity index (χ0) is 10.8. The average molecular weight is 336 g/mol. The molecule has 0 aliphatic carbocycles. The zero-order valence-electron chi connectivity index (χ0n) is 7.56. The molecule has 0 atom stereocenters. The van der Waals surface area contributed by atoms with Crippen molar-refractivity contribution in [1.29, 1.82) is 0 Å². The zero-order valence-corrected chi connectivity index (χ0v) is 10.5. The molecule has 0 spiro atoms. The molecule has 15 heavy (non-hydrogen) atoms. The van der Waals surface area contributed by atoms with Gasteiger partial charge in [0, 0.05) is 8.59 Å². The molecule has 0 aliphatic heterocycles. The Bertz CT molecular complexity index is 484. The van der Waals surface area contributed by atoms with Crippen molar-refractivity contribution in [2.24, 2.45) is 5.73 Å². The van der Waals surface area contributed by atoms with Crippen molar-refractivity contribution in [2.75, 3.05) is 0 Å². The van der Waals surface area contributed by atoms with Crippen molar-refractivity contribution >= 4 is 34.2 Å². The minimum absolute atomic E-state index is 0.297. The largest absolute Gasteiger partial charge is 0.324 e. The number of rotatable bonds is 2. The number of tetrazole rings is 1. The van der Waals surface area contributed by atoms with Gasteiger partial charge in [-0.25, -0.2) is 0 Å². The SMILES string of the molecule is NCc1nnnn1-c1ccc(Cl)cc1I. The first-order valence-corrected chi connectivity index (χ1v) is 5.61. The van der Waals surface area contributed by atoms with Crippen LogP contribution in [0.25, 0.3) is 5.69 Å². The summed E-state index contributed by atoms with van der Waals surface area (Å²) in [5.41, 5.74) is 6.40. The Morgan fingerprint density at radius 1 is 1.47 bits per heavy atom. The first-order valence-electron chi connectivity index (χ1n) is 4.15. The van der Waals surface area contributed by atoms with E-state index in [0.717, 1.165) is 9.26 Å². The Kier molecular flexibility index (Phi) is 3.17. The predicted molar refractivity (Wildman–Crippen MR) is 64.8 cm³/mol. The van der Waals surface area contributed by atoms with Crippen LogP contribution in [0.3, 0.4) is 0 Å². The van der Waals surface area contributed by atoms with E-state index in [1.165, 1.54) is 0 Å². The molecule has 0 saturated carbocycles. The van der Waals surface area contributed by atoms with Crippen molar-refractivity contribution in [2.45, 2.75) is 6.54 Å². The number of halogens is 2. The molecule has 5 nitrogen and oxygen atoms in total. The van der Waals surface area contributed by atoms with E-state index in [0.29, 0.717) is 17.4 Å². The molecule has 0 fully saturated rings. The molecule has 0 radical (unpaired) electrons. The molecule has 0 unspecified atom stereocenters. The Labute approximate surface area is 105 Å². The number of nitrogens with two attached hydrogens (primary N) is 1. The lowest BCUT2D eigenvalue weighted by Gasteiger charge is -2.05. The molecule has 1 aromatic heterocycles. The Morgan fingerprint density at radius 2 is 2.27 bits per heavy atom. The summed E-state index contributed by atoms with van der Waals surface area (Å²) in [6.07, 6.45) is 0. The third kappa shape index (κ3) is 2.11. The van der Waals surface area contributed by atoms with Gasteiger partial charge in [-0.3, -0.25) is 0 Å². The first-order chi connectivity index (χ1) is 7.22. The Morgan fingerprint density at radius 3 is 2.93 bits per heavy atom. The standard InChI is InChI=1S/C8H7ClIN5/c9-5-1-2-7(6(10)3-5)15-8(4-11)12-13-14-15/h1-3H,4,11H2. The van der Waals surface area contributed by atoms with Crippen LogP contribution >= 0.6 is 34.2 Å². The summed E-state index contributed by atoms with van der Waals surface area (Å²) >= 11 is 8.04. The van der Waals surface area contributed by atoms with Gasteiger partial charge in [-0.2, -0.15) is 4.68 Å². The van der Waals surface area contributed by atoms with Crippen molar-refractivity contribution in [1.82, 2.24) is 20.2 Å². The minimum Gasteiger partial charge on any atom is -0.324 e. The van der Waals surface area contributed by atoms with Crippen LogP contribution in [0, 0.1) is 3.57 Å². The van der Waals surface area contributed by atoms with Gasteiger partial charge in [-0.05, 0) is 51.2 Å². The lowest BCUT2D eigenvalue weighted by atomic mass is 10.3. The highest BCUT2D eigenvalue weighted by Gasteiger charge is 2.09. The van der Waals surface area contributed by atoms with Gasteiger partial charge < -0.3 is 5.73 Å². The lowest BCUT2D eigenvalue weighted by molar-refractivity contribution is 0.758. The van der Waals surface area contributed by atoms with Gasteiger partial charge >= 0.3 is 0 Å². The molecule has 1 heterocycles. The third-order valence-corrected chi connectivity index (χ3v) is 2.95. The molecule has 2 aromatic rings. The quantitative estimate of drug-likeness (QED) is 0.842. The summed E-state index contributed by atoms with van der Waals surface area (Å²) < 4.78 is 2.58. The van der Waals surface area contributed by atoms with Gasteiger partial charge in [-0.15, -0.1) is 5.10 Å². The van der Waals surface area contributed by atoms with Gasteiger partial charge in [-0.1, -0.05) is 11.6 Å². The molecule has 0 bridgehead atoms. The summed E-state index contributed by atoms with van der Waals surface area (Å²) in [7, 11) is 0. The van der Waals surface area contributed by atoms with E-state index in [4.69, 9.17) is 17.3 Å². The number of nitrogens with zero attached hydrogens (tertiary/aromatic N) is 4. The van der Waals surface area contributed by atoms with Gasteiger partial charge in [0.1, 0.15) is 0 Å². The van der Waals surface area contributed by atoms with E-state index in [2.05, 4.69) is 38.1 Å². The molecule has 0 saturated heterocycles. The molecule has 2 N–H and O–H groups in total. The topological polar surface area (TPSA) is 69.6 Å². The molecule has 7 heteroatoms. The van der Waals surface area contributed by atoms with Crippen LogP contribution in [0.1, 0.15) is 5.82 Å². The van der Waals surface area contributed by atoms with Crippen LogP contribution in [0.2, 0.25) is 5.02 Å². The van der Waals surface area contributed by atoms with Crippen molar-refractivity contribution in [3.8, 4) is 5.69 Å². The second-order valence-electron chi connectivity index (χ2n) is 2.81. The third-order valence-electron chi connectivity index (χ3n) is 1.85. The van der Waals surface area contributed by atoms with Gasteiger partial charge in [0.15, 0.2) is 5.82 Å². The highest BCUT2D eigenvalue weighted by Crippen LogP contribution is 2.21. The van der Waals surface area contributed by atoms with E-state index >= 15 is 0 Å². The fraction of sp³-hybridized carbons (Fsp3) is 0.125. The minimum atomic E-state index is 0.297. The average Bonchev–Trinajstić information content (AvgIpc) is 2.65. The maximum Gasteiger partial charge on any atom is 0.170 e. The predicted octanol–water partition coefficient (Wildman–Crippen LogP) is 1.38. The van der Waals surface area contributed by atoms with Crippen LogP contribution in [0.5, 0.6) is 0 Å². The van der Waals surface area contributed by atoms with Crippen LogP contribution in [0.4, 0.5) is 0 Å². The van der Waals surface area contributed by atoms with Gasteiger partial charge in [0.2, 0.25) is 0 Å². The van der Waals surface area contributed by atoms with E-state index in [-0.39, 0.29) is 0 Å². The number of hydrogen-bond acceptors (Lipinski definition) is 4. The van der Waals surface area contributed by atoms with Crippen molar-refractivity contribution < 1.29 is 0 Å².